The van der Waals surface area contributed by atoms with Gasteiger partial charge in [0.25, 0.3) is 0 Å². The lowest BCUT2D eigenvalue weighted by Gasteiger charge is -2.24. The Morgan fingerprint density at radius 2 is 1.76 bits per heavy atom. The van der Waals surface area contributed by atoms with Crippen LogP contribution >= 0.6 is 11.3 Å². The van der Waals surface area contributed by atoms with Crippen molar-refractivity contribution in [1.29, 1.82) is 0 Å². The molecule has 192 valence electrons. The summed E-state index contributed by atoms with van der Waals surface area (Å²) in [5, 5.41) is 7.88. The van der Waals surface area contributed by atoms with E-state index in [0.29, 0.717) is 23.0 Å². The van der Waals surface area contributed by atoms with Gasteiger partial charge in [0, 0.05) is 34.9 Å². The number of amides is 2. The Bertz CT molecular complexity index is 1310. The molecule has 0 saturated heterocycles. The summed E-state index contributed by atoms with van der Waals surface area (Å²) in [6, 6.07) is 23.5. The first-order valence-electron chi connectivity index (χ1n) is 12.3. The molecule has 1 atom stereocenters. The lowest BCUT2D eigenvalue weighted by atomic mass is 9.86. The van der Waals surface area contributed by atoms with Crippen molar-refractivity contribution in [2.24, 2.45) is 0 Å². The Kier molecular flexibility index (Phi) is 8.26. The van der Waals surface area contributed by atoms with Crippen molar-refractivity contribution in [3.8, 4) is 11.6 Å². The zero-order chi connectivity index (χ0) is 26.4. The number of aromatic nitrogens is 1. The summed E-state index contributed by atoms with van der Waals surface area (Å²) in [7, 11) is 2.12. The van der Waals surface area contributed by atoms with E-state index < -0.39 is 0 Å². The summed E-state index contributed by atoms with van der Waals surface area (Å²) in [4.78, 5) is 20.8. The van der Waals surface area contributed by atoms with Crippen LogP contribution in [0.3, 0.4) is 0 Å². The highest BCUT2D eigenvalue weighted by Crippen LogP contribution is 2.35. The van der Waals surface area contributed by atoms with Gasteiger partial charge in [-0.15, -0.1) is 11.3 Å². The number of ether oxygens (including phenoxy) is 1. The first-order valence-corrected chi connectivity index (χ1v) is 13.2. The highest BCUT2D eigenvalue weighted by Gasteiger charge is 2.20. The fourth-order valence-electron chi connectivity index (χ4n) is 4.02. The highest BCUT2D eigenvalue weighted by atomic mass is 32.1. The van der Waals surface area contributed by atoms with Gasteiger partial charge < -0.3 is 15.4 Å². The smallest absolute Gasteiger partial charge is 0.323 e. The first-order chi connectivity index (χ1) is 17.7. The van der Waals surface area contributed by atoms with E-state index in [1.807, 2.05) is 48.5 Å². The molecule has 7 heteroatoms. The van der Waals surface area contributed by atoms with Gasteiger partial charge in [0.15, 0.2) is 0 Å². The minimum Gasteiger partial charge on any atom is -0.437 e. The second kappa shape index (κ2) is 11.6. The van der Waals surface area contributed by atoms with E-state index in [0.717, 1.165) is 12.1 Å². The minimum atomic E-state index is -0.363. The number of carbonyl (C=O) groups excluding carboxylic acids is 1. The summed E-state index contributed by atoms with van der Waals surface area (Å²) in [5.41, 5.74) is 3.35. The molecule has 0 radical (unpaired) electrons. The molecule has 0 aliphatic carbocycles. The van der Waals surface area contributed by atoms with Crippen LogP contribution in [0.15, 0.2) is 84.4 Å². The van der Waals surface area contributed by atoms with E-state index in [-0.39, 0.29) is 17.5 Å². The van der Waals surface area contributed by atoms with E-state index in [2.05, 4.69) is 72.8 Å². The summed E-state index contributed by atoms with van der Waals surface area (Å²) >= 11 is 1.77. The molecule has 2 aromatic carbocycles. The van der Waals surface area contributed by atoms with Crippen LogP contribution < -0.4 is 15.4 Å². The van der Waals surface area contributed by atoms with Gasteiger partial charge in [-0.1, -0.05) is 57.2 Å². The molecule has 2 heterocycles. The molecule has 6 nitrogen and oxygen atoms in total. The molecule has 4 aromatic rings. The molecule has 0 fully saturated rings. The van der Waals surface area contributed by atoms with Crippen molar-refractivity contribution in [3.63, 3.8) is 0 Å². The fraction of sp³-hybridized carbons (Fsp3) is 0.267. The average molecular weight is 515 g/mol. The predicted octanol–water partition coefficient (Wildman–Crippen LogP) is 8.07. The van der Waals surface area contributed by atoms with Gasteiger partial charge >= 0.3 is 6.03 Å². The maximum absolute atomic E-state index is 12.8. The number of hydrogen-bond acceptors (Lipinski definition) is 5. The van der Waals surface area contributed by atoms with Crippen molar-refractivity contribution < 1.29 is 9.53 Å². The van der Waals surface area contributed by atoms with E-state index in [1.54, 1.807) is 29.7 Å². The van der Waals surface area contributed by atoms with Gasteiger partial charge in [0.2, 0.25) is 5.88 Å². The summed E-state index contributed by atoms with van der Waals surface area (Å²) in [6.45, 7) is 9.48. The van der Waals surface area contributed by atoms with Crippen LogP contribution in [0.2, 0.25) is 0 Å². The number of urea groups is 1. The Hall–Kier alpha value is -3.68. The third kappa shape index (κ3) is 6.96. The van der Waals surface area contributed by atoms with Crippen LogP contribution in [0.1, 0.15) is 49.7 Å². The minimum absolute atomic E-state index is 0.0985. The van der Waals surface area contributed by atoms with Crippen LogP contribution in [-0.2, 0) is 12.0 Å². The van der Waals surface area contributed by atoms with Crippen LogP contribution in [-0.4, -0.2) is 23.0 Å². The second-order valence-corrected chi connectivity index (χ2v) is 11.1. The molecule has 0 spiro atoms. The molecular weight excluding hydrogens is 480 g/mol. The standard InChI is InChI=1S/C30H34N4O2S/c1-21(34(5)20-24-10-9-19-37-24)22-14-16-23(17-15-22)32-29(35)33-26-12-8-18-31-28(26)36-27-13-7-6-11-25(27)30(2,3)4/h6-19,21H,20H2,1-5H3,(H2,32,33,35)/t21-/m0/s1. The van der Waals surface area contributed by atoms with Gasteiger partial charge in [0.1, 0.15) is 11.4 Å². The molecule has 2 amide bonds. The van der Waals surface area contributed by atoms with E-state index in [1.165, 1.54) is 10.4 Å². The molecule has 37 heavy (non-hydrogen) atoms. The maximum atomic E-state index is 12.8. The Morgan fingerprint density at radius 1 is 1.00 bits per heavy atom. The maximum Gasteiger partial charge on any atom is 0.323 e. The van der Waals surface area contributed by atoms with Crippen molar-refractivity contribution in [3.05, 3.63) is 100 Å². The van der Waals surface area contributed by atoms with E-state index >= 15 is 0 Å². The number of pyridine rings is 1. The number of benzene rings is 2. The number of hydrogen-bond donors (Lipinski definition) is 2. The van der Waals surface area contributed by atoms with Crippen LogP contribution in [0.25, 0.3) is 0 Å². The lowest BCUT2D eigenvalue weighted by Crippen LogP contribution is -2.22. The van der Waals surface area contributed by atoms with Crippen molar-refractivity contribution in [2.45, 2.75) is 45.7 Å². The molecule has 0 aliphatic rings. The van der Waals surface area contributed by atoms with E-state index in [4.69, 9.17) is 4.74 Å². The average Bonchev–Trinajstić information content (AvgIpc) is 3.38. The molecule has 2 aromatic heterocycles. The molecule has 4 rings (SSSR count). The van der Waals surface area contributed by atoms with Gasteiger partial charge in [-0.05, 0) is 66.7 Å². The second-order valence-electron chi connectivity index (χ2n) is 10.1. The van der Waals surface area contributed by atoms with Crippen molar-refractivity contribution in [2.75, 3.05) is 17.7 Å². The van der Waals surface area contributed by atoms with Crippen molar-refractivity contribution >= 4 is 28.7 Å². The van der Waals surface area contributed by atoms with Gasteiger partial charge in [0.05, 0.1) is 0 Å². The van der Waals surface area contributed by atoms with Crippen LogP contribution in [0.5, 0.6) is 11.6 Å². The Labute approximate surface area is 223 Å². The predicted molar refractivity (Wildman–Crippen MR) is 153 cm³/mol. The Morgan fingerprint density at radius 3 is 2.46 bits per heavy atom. The number of carbonyl (C=O) groups is 1. The number of nitrogens with one attached hydrogen (secondary N) is 2. The highest BCUT2D eigenvalue weighted by molar-refractivity contribution is 7.09. The quantitative estimate of drug-likeness (QED) is 0.249. The van der Waals surface area contributed by atoms with E-state index in [9.17, 15) is 4.79 Å². The summed E-state index contributed by atoms with van der Waals surface area (Å²) < 4.78 is 6.16. The normalized spacial score (nSPS) is 12.3. The van der Waals surface area contributed by atoms with Gasteiger partial charge in [-0.3, -0.25) is 4.90 Å². The number of nitrogens with zero attached hydrogens (tertiary/aromatic N) is 2. The largest absolute Gasteiger partial charge is 0.437 e. The number of anilines is 2. The lowest BCUT2D eigenvalue weighted by molar-refractivity contribution is 0.255. The van der Waals surface area contributed by atoms with Gasteiger partial charge in [-0.25, -0.2) is 9.78 Å². The molecule has 2 N–H and O–H groups in total. The summed E-state index contributed by atoms with van der Waals surface area (Å²) in [5.74, 6) is 1.05. The molecule has 0 saturated carbocycles. The topological polar surface area (TPSA) is 66.5 Å². The molecule has 0 bridgehead atoms. The molecule has 0 unspecified atom stereocenters. The third-order valence-electron chi connectivity index (χ3n) is 6.22. The zero-order valence-corrected chi connectivity index (χ0v) is 22.8. The number of thiophene rings is 1. The van der Waals surface area contributed by atoms with Gasteiger partial charge in [-0.2, -0.15) is 0 Å². The Balaban J connectivity index is 1.40. The third-order valence-corrected chi connectivity index (χ3v) is 7.08. The van der Waals surface area contributed by atoms with Crippen LogP contribution in [0, 0.1) is 0 Å². The van der Waals surface area contributed by atoms with Crippen molar-refractivity contribution in [1.82, 2.24) is 9.88 Å². The summed E-state index contributed by atoms with van der Waals surface area (Å²) in [6.07, 6.45) is 1.65. The zero-order valence-electron chi connectivity index (χ0n) is 22.0. The first kappa shape index (κ1) is 26.4. The van der Waals surface area contributed by atoms with Crippen LogP contribution in [0.4, 0.5) is 16.2 Å². The molecule has 0 aliphatic heterocycles. The number of para-hydroxylation sites is 1. The monoisotopic (exact) mass is 514 g/mol. The molecular formula is C30H34N4O2S. The fourth-order valence-corrected chi connectivity index (χ4v) is 4.78. The SMILES string of the molecule is C[C@@H](c1ccc(NC(=O)Nc2cccnc2Oc2ccccc2C(C)(C)C)cc1)N(C)Cc1cccs1. The number of rotatable bonds is 8.